The summed E-state index contributed by atoms with van der Waals surface area (Å²) in [6.45, 7) is 5.94. The number of halogens is 1. The fourth-order valence-corrected chi connectivity index (χ4v) is 3.14. The van der Waals surface area contributed by atoms with E-state index >= 15 is 0 Å². The first-order valence-electron chi connectivity index (χ1n) is 9.16. The van der Waals surface area contributed by atoms with Crippen molar-refractivity contribution in [1.82, 2.24) is 15.1 Å². The Hall–Kier alpha value is -3.15. The fourth-order valence-electron chi connectivity index (χ4n) is 3.14. The third kappa shape index (κ3) is 4.06. The Morgan fingerprint density at radius 1 is 1.11 bits per heavy atom. The number of carbonyl (C=O) groups excluding carboxylic acids is 1. The maximum Gasteiger partial charge on any atom is 0.255 e. The van der Waals surface area contributed by atoms with Gasteiger partial charge in [-0.3, -0.25) is 4.79 Å². The Bertz CT molecular complexity index is 947. The first kappa shape index (κ1) is 19.6. The molecule has 1 atom stereocenters. The van der Waals surface area contributed by atoms with Gasteiger partial charge in [0.25, 0.3) is 5.91 Å². The lowest BCUT2D eigenvalue weighted by atomic mass is 9.95. The molecule has 1 aromatic heterocycles. The van der Waals surface area contributed by atoms with Crippen molar-refractivity contribution in [1.29, 1.82) is 0 Å². The lowest BCUT2D eigenvalue weighted by molar-refractivity contribution is 0.0925. The Labute approximate surface area is 164 Å². The second-order valence-corrected chi connectivity index (χ2v) is 7.00. The van der Waals surface area contributed by atoms with Crippen molar-refractivity contribution in [3.05, 3.63) is 77.4 Å². The van der Waals surface area contributed by atoms with Crippen molar-refractivity contribution < 1.29 is 13.9 Å². The van der Waals surface area contributed by atoms with Crippen molar-refractivity contribution in [3.63, 3.8) is 0 Å². The predicted octanol–water partition coefficient (Wildman–Crippen LogP) is 4.46. The molecule has 3 aromatic rings. The second-order valence-electron chi connectivity index (χ2n) is 7.00. The summed E-state index contributed by atoms with van der Waals surface area (Å²) in [5.41, 5.74) is 2.89. The van der Waals surface area contributed by atoms with Crippen molar-refractivity contribution in [2.45, 2.75) is 26.8 Å². The number of hydrogen-bond acceptors (Lipinski definition) is 3. The van der Waals surface area contributed by atoms with Gasteiger partial charge in [-0.1, -0.05) is 26.0 Å². The molecule has 0 saturated heterocycles. The fraction of sp³-hybridized carbons (Fsp3) is 0.273. The van der Waals surface area contributed by atoms with Gasteiger partial charge in [-0.05, 0) is 54.8 Å². The zero-order chi connectivity index (χ0) is 20.3. The minimum Gasteiger partial charge on any atom is -0.497 e. The van der Waals surface area contributed by atoms with Gasteiger partial charge in [-0.15, -0.1) is 0 Å². The van der Waals surface area contributed by atoms with Crippen LogP contribution in [0.15, 0.2) is 54.7 Å². The standard InChI is InChI=1S/C22H24FN3O2/c1-14(2)21(16-5-11-19(28-4)12-6-16)25-22(27)20-13-24-26(15(20)3)18-9-7-17(23)8-10-18/h5-14,21H,1-4H3,(H,25,27). The van der Waals surface area contributed by atoms with Crippen LogP contribution in [-0.2, 0) is 0 Å². The minimum absolute atomic E-state index is 0.146. The molecule has 0 aliphatic carbocycles. The van der Waals surface area contributed by atoms with Crippen LogP contribution in [0.1, 0.15) is 41.5 Å². The average molecular weight is 381 g/mol. The number of aromatic nitrogens is 2. The van der Waals surface area contributed by atoms with Gasteiger partial charge in [0, 0.05) is 0 Å². The number of benzene rings is 2. The molecule has 28 heavy (non-hydrogen) atoms. The number of nitrogens with one attached hydrogen (secondary N) is 1. The maximum atomic E-state index is 13.2. The summed E-state index contributed by atoms with van der Waals surface area (Å²) in [4.78, 5) is 12.9. The van der Waals surface area contributed by atoms with Gasteiger partial charge in [0.1, 0.15) is 11.6 Å². The van der Waals surface area contributed by atoms with E-state index in [-0.39, 0.29) is 23.7 Å². The Morgan fingerprint density at radius 3 is 2.32 bits per heavy atom. The smallest absolute Gasteiger partial charge is 0.255 e. The van der Waals surface area contributed by atoms with Gasteiger partial charge in [-0.25, -0.2) is 9.07 Å². The molecule has 0 spiro atoms. The van der Waals surface area contributed by atoms with Crippen LogP contribution in [-0.4, -0.2) is 22.8 Å². The normalized spacial score (nSPS) is 12.1. The molecule has 0 radical (unpaired) electrons. The highest BCUT2D eigenvalue weighted by Gasteiger charge is 2.22. The van der Waals surface area contributed by atoms with Crippen molar-refractivity contribution in [2.75, 3.05) is 7.11 Å². The van der Waals surface area contributed by atoms with E-state index in [1.54, 1.807) is 30.1 Å². The molecule has 1 unspecified atom stereocenters. The van der Waals surface area contributed by atoms with Gasteiger partial charge in [-0.2, -0.15) is 5.10 Å². The number of ether oxygens (including phenoxy) is 1. The zero-order valence-electron chi connectivity index (χ0n) is 16.4. The summed E-state index contributed by atoms with van der Waals surface area (Å²) in [6.07, 6.45) is 1.54. The van der Waals surface area contributed by atoms with Gasteiger partial charge in [0.15, 0.2) is 0 Å². The van der Waals surface area contributed by atoms with Gasteiger partial charge in [0.05, 0.1) is 36.3 Å². The molecule has 2 aromatic carbocycles. The first-order valence-corrected chi connectivity index (χ1v) is 9.16. The van der Waals surface area contributed by atoms with Crippen LogP contribution < -0.4 is 10.1 Å². The number of methoxy groups -OCH3 is 1. The lowest BCUT2D eigenvalue weighted by Gasteiger charge is -2.23. The third-order valence-electron chi connectivity index (χ3n) is 4.75. The van der Waals surface area contributed by atoms with Gasteiger partial charge >= 0.3 is 0 Å². The first-order chi connectivity index (χ1) is 13.4. The molecular formula is C22H24FN3O2. The van der Waals surface area contributed by atoms with Crippen molar-refractivity contribution in [2.24, 2.45) is 5.92 Å². The molecule has 3 rings (SSSR count). The number of hydrogen-bond donors (Lipinski definition) is 1. The second kappa shape index (κ2) is 8.25. The van der Waals surface area contributed by atoms with Crippen molar-refractivity contribution in [3.8, 4) is 11.4 Å². The predicted molar refractivity (Wildman–Crippen MR) is 106 cm³/mol. The summed E-state index contributed by atoms with van der Waals surface area (Å²) in [7, 11) is 1.62. The third-order valence-corrected chi connectivity index (χ3v) is 4.75. The molecule has 146 valence electrons. The van der Waals surface area contributed by atoms with Crippen LogP contribution in [0.3, 0.4) is 0 Å². The van der Waals surface area contributed by atoms with Gasteiger partial charge < -0.3 is 10.1 Å². The SMILES string of the molecule is COc1ccc(C(NC(=O)c2cnn(-c3ccc(F)cc3)c2C)C(C)C)cc1. The van der Waals surface area contributed by atoms with E-state index in [0.717, 1.165) is 11.3 Å². The van der Waals surface area contributed by atoms with E-state index in [1.807, 2.05) is 31.2 Å². The minimum atomic E-state index is -0.314. The van der Waals surface area contributed by atoms with Gasteiger partial charge in [0.2, 0.25) is 0 Å². The summed E-state index contributed by atoms with van der Waals surface area (Å²) in [6, 6.07) is 13.5. The molecular weight excluding hydrogens is 357 g/mol. The Kier molecular flexibility index (Phi) is 5.78. The van der Waals surface area contributed by atoms with Crippen LogP contribution in [0.25, 0.3) is 5.69 Å². The van der Waals surface area contributed by atoms with E-state index in [4.69, 9.17) is 4.74 Å². The molecule has 0 bridgehead atoms. The summed E-state index contributed by atoms with van der Waals surface area (Å²) in [5, 5.41) is 7.41. The van der Waals surface area contributed by atoms with Crippen LogP contribution in [0, 0.1) is 18.7 Å². The molecule has 0 saturated carbocycles. The zero-order valence-corrected chi connectivity index (χ0v) is 16.4. The highest BCUT2D eigenvalue weighted by Crippen LogP contribution is 2.25. The number of amides is 1. The number of rotatable bonds is 6. The molecule has 1 amide bonds. The van der Waals surface area contributed by atoms with E-state index in [2.05, 4.69) is 24.3 Å². The largest absolute Gasteiger partial charge is 0.497 e. The summed E-state index contributed by atoms with van der Waals surface area (Å²) >= 11 is 0. The van der Waals surface area contributed by atoms with Crippen LogP contribution in [0.2, 0.25) is 0 Å². The van der Waals surface area contributed by atoms with Crippen molar-refractivity contribution >= 4 is 5.91 Å². The molecule has 1 N–H and O–H groups in total. The topological polar surface area (TPSA) is 56.1 Å². The van der Waals surface area contributed by atoms with Crippen LogP contribution in [0.5, 0.6) is 5.75 Å². The highest BCUT2D eigenvalue weighted by molar-refractivity contribution is 5.95. The monoisotopic (exact) mass is 381 g/mol. The van der Waals surface area contributed by atoms with E-state index in [0.29, 0.717) is 16.9 Å². The number of carbonyl (C=O) groups is 1. The van der Waals surface area contributed by atoms with E-state index in [1.165, 1.54) is 12.1 Å². The average Bonchev–Trinajstić information content (AvgIpc) is 3.08. The van der Waals surface area contributed by atoms with Crippen LogP contribution >= 0.6 is 0 Å². The summed E-state index contributed by atoms with van der Waals surface area (Å²) in [5.74, 6) is 0.463. The quantitative estimate of drug-likeness (QED) is 0.686. The summed E-state index contributed by atoms with van der Waals surface area (Å²) < 4.78 is 20.0. The van der Waals surface area contributed by atoms with E-state index in [9.17, 15) is 9.18 Å². The van der Waals surface area contributed by atoms with E-state index < -0.39 is 0 Å². The Balaban J connectivity index is 1.83. The molecule has 0 aliphatic rings. The molecule has 1 heterocycles. The van der Waals surface area contributed by atoms with Crippen LogP contribution in [0.4, 0.5) is 4.39 Å². The molecule has 5 nitrogen and oxygen atoms in total. The molecule has 6 heteroatoms. The number of nitrogens with zero attached hydrogens (tertiary/aromatic N) is 2. The maximum absolute atomic E-state index is 13.2. The lowest BCUT2D eigenvalue weighted by Crippen LogP contribution is -2.32. The molecule has 0 aliphatic heterocycles. The Morgan fingerprint density at radius 2 is 1.75 bits per heavy atom. The highest BCUT2D eigenvalue weighted by atomic mass is 19.1. The molecule has 0 fully saturated rings.